The molecule has 2 aromatic rings. The van der Waals surface area contributed by atoms with E-state index in [-0.39, 0.29) is 5.75 Å². The van der Waals surface area contributed by atoms with Crippen molar-refractivity contribution in [3.8, 4) is 16.9 Å². The zero-order chi connectivity index (χ0) is 10.7. The average Bonchev–Trinajstić information content (AvgIpc) is 2.29. The van der Waals surface area contributed by atoms with Crippen molar-refractivity contribution < 1.29 is 5.11 Å². The predicted molar refractivity (Wildman–Crippen MR) is 60.7 cm³/mol. The first-order valence-corrected chi connectivity index (χ1v) is 5.03. The number of aromatic nitrogens is 1. The molecular weight excluding hydrogens is 186 g/mol. The molecule has 1 heterocycles. The highest BCUT2D eigenvalue weighted by Gasteiger charge is 2.03. The van der Waals surface area contributed by atoms with Crippen molar-refractivity contribution in [3.63, 3.8) is 0 Å². The summed E-state index contributed by atoms with van der Waals surface area (Å²) in [6, 6.07) is 9.91. The van der Waals surface area contributed by atoms with Gasteiger partial charge in [-0.25, -0.2) is 0 Å². The zero-order valence-electron chi connectivity index (χ0n) is 8.64. The number of benzene rings is 1. The number of nitrogens with zero attached hydrogens (tertiary/aromatic N) is 1. The molecule has 0 aliphatic rings. The van der Waals surface area contributed by atoms with Crippen LogP contribution in [0.5, 0.6) is 5.75 Å². The van der Waals surface area contributed by atoms with Crippen LogP contribution in [0.3, 0.4) is 0 Å². The fourth-order valence-corrected chi connectivity index (χ4v) is 1.69. The Hall–Kier alpha value is -1.83. The van der Waals surface area contributed by atoms with Crippen molar-refractivity contribution in [2.45, 2.75) is 13.3 Å². The quantitative estimate of drug-likeness (QED) is 0.806. The summed E-state index contributed by atoms with van der Waals surface area (Å²) in [4.78, 5) is 3.99. The van der Waals surface area contributed by atoms with Gasteiger partial charge in [-0.3, -0.25) is 4.98 Å². The van der Waals surface area contributed by atoms with Gasteiger partial charge in [-0.2, -0.15) is 0 Å². The number of aromatic hydroxyl groups is 1. The van der Waals surface area contributed by atoms with Crippen LogP contribution in [0.4, 0.5) is 0 Å². The second-order valence-corrected chi connectivity index (χ2v) is 3.44. The molecule has 1 N–H and O–H groups in total. The fraction of sp³-hybridized carbons (Fsp3) is 0.154. The van der Waals surface area contributed by atoms with Crippen LogP contribution in [0.15, 0.2) is 42.7 Å². The second-order valence-electron chi connectivity index (χ2n) is 3.44. The van der Waals surface area contributed by atoms with Crippen LogP contribution < -0.4 is 0 Å². The number of aryl methyl sites for hydroxylation is 1. The summed E-state index contributed by atoms with van der Waals surface area (Å²) >= 11 is 0. The van der Waals surface area contributed by atoms with Gasteiger partial charge in [0.1, 0.15) is 5.75 Å². The Kier molecular flexibility index (Phi) is 2.68. The highest BCUT2D eigenvalue weighted by atomic mass is 16.3. The van der Waals surface area contributed by atoms with Gasteiger partial charge in [0.15, 0.2) is 0 Å². The lowest BCUT2D eigenvalue weighted by atomic mass is 9.99. The molecule has 0 aliphatic carbocycles. The van der Waals surface area contributed by atoms with Crippen molar-refractivity contribution in [1.82, 2.24) is 4.98 Å². The normalized spacial score (nSPS) is 10.2. The highest BCUT2D eigenvalue weighted by Crippen LogP contribution is 2.25. The van der Waals surface area contributed by atoms with Crippen LogP contribution >= 0.6 is 0 Å². The third-order valence-corrected chi connectivity index (χ3v) is 2.43. The molecule has 1 aromatic carbocycles. The monoisotopic (exact) mass is 199 g/mol. The molecule has 0 spiro atoms. The maximum atomic E-state index is 9.38. The molecule has 0 radical (unpaired) electrons. The Morgan fingerprint density at radius 2 is 2.00 bits per heavy atom. The first-order valence-electron chi connectivity index (χ1n) is 5.03. The molecule has 0 unspecified atom stereocenters. The molecule has 0 bridgehead atoms. The zero-order valence-corrected chi connectivity index (χ0v) is 8.64. The van der Waals surface area contributed by atoms with E-state index in [9.17, 15) is 5.11 Å². The number of pyridine rings is 1. The first-order chi connectivity index (χ1) is 7.31. The van der Waals surface area contributed by atoms with Crippen molar-refractivity contribution >= 4 is 0 Å². The molecule has 0 amide bonds. The largest absolute Gasteiger partial charge is 0.506 e. The highest BCUT2D eigenvalue weighted by molar-refractivity contribution is 5.67. The van der Waals surface area contributed by atoms with Gasteiger partial charge in [-0.05, 0) is 23.6 Å². The summed E-state index contributed by atoms with van der Waals surface area (Å²) < 4.78 is 0. The maximum Gasteiger partial charge on any atom is 0.134 e. The van der Waals surface area contributed by atoms with E-state index in [2.05, 4.69) is 24.0 Å². The van der Waals surface area contributed by atoms with Gasteiger partial charge >= 0.3 is 0 Å². The van der Waals surface area contributed by atoms with E-state index in [4.69, 9.17) is 0 Å². The van der Waals surface area contributed by atoms with Crippen LogP contribution in [-0.4, -0.2) is 10.1 Å². The Morgan fingerprint density at radius 3 is 2.73 bits per heavy atom. The van der Waals surface area contributed by atoms with Crippen LogP contribution in [0.2, 0.25) is 0 Å². The SMILES string of the molecule is CCc1ccccc1-c1cncc(O)c1. The van der Waals surface area contributed by atoms with Crippen molar-refractivity contribution in [2.75, 3.05) is 0 Å². The standard InChI is InChI=1S/C13H13NO/c1-2-10-5-3-4-6-13(10)11-7-12(15)9-14-8-11/h3-9,15H,2H2,1H3. The summed E-state index contributed by atoms with van der Waals surface area (Å²) in [6.07, 6.45) is 4.19. The molecule has 0 saturated carbocycles. The van der Waals surface area contributed by atoms with E-state index < -0.39 is 0 Å². The minimum atomic E-state index is 0.207. The Labute approximate surface area is 89.2 Å². The number of rotatable bonds is 2. The van der Waals surface area contributed by atoms with Crippen LogP contribution in [0.1, 0.15) is 12.5 Å². The first kappa shape index (κ1) is 9.71. The van der Waals surface area contributed by atoms with Gasteiger partial charge in [0.25, 0.3) is 0 Å². The predicted octanol–water partition coefficient (Wildman–Crippen LogP) is 3.02. The summed E-state index contributed by atoms with van der Waals surface area (Å²) in [6.45, 7) is 2.12. The molecule has 76 valence electrons. The topological polar surface area (TPSA) is 33.1 Å². The molecule has 0 saturated heterocycles. The van der Waals surface area contributed by atoms with Crippen LogP contribution in [0.25, 0.3) is 11.1 Å². The van der Waals surface area contributed by atoms with E-state index in [1.165, 1.54) is 11.8 Å². The van der Waals surface area contributed by atoms with Crippen LogP contribution in [-0.2, 0) is 6.42 Å². The smallest absolute Gasteiger partial charge is 0.134 e. The van der Waals surface area contributed by atoms with E-state index in [1.54, 1.807) is 12.3 Å². The van der Waals surface area contributed by atoms with Crippen molar-refractivity contribution in [2.24, 2.45) is 0 Å². The van der Waals surface area contributed by atoms with Gasteiger partial charge in [0.05, 0.1) is 6.20 Å². The molecular formula is C13H13NO. The van der Waals surface area contributed by atoms with Gasteiger partial charge in [0, 0.05) is 11.8 Å². The molecule has 0 aliphatic heterocycles. The van der Waals surface area contributed by atoms with Gasteiger partial charge in [0.2, 0.25) is 0 Å². The number of hydrogen-bond acceptors (Lipinski definition) is 2. The van der Waals surface area contributed by atoms with Crippen molar-refractivity contribution in [3.05, 3.63) is 48.3 Å². The Balaban J connectivity index is 2.53. The van der Waals surface area contributed by atoms with E-state index in [0.29, 0.717) is 0 Å². The summed E-state index contributed by atoms with van der Waals surface area (Å²) in [7, 11) is 0. The third-order valence-electron chi connectivity index (χ3n) is 2.43. The molecule has 2 rings (SSSR count). The molecule has 2 nitrogen and oxygen atoms in total. The number of hydrogen-bond donors (Lipinski definition) is 1. The average molecular weight is 199 g/mol. The minimum Gasteiger partial charge on any atom is -0.506 e. The molecule has 0 fully saturated rings. The van der Waals surface area contributed by atoms with Gasteiger partial charge < -0.3 is 5.11 Å². The van der Waals surface area contributed by atoms with Crippen molar-refractivity contribution in [1.29, 1.82) is 0 Å². The summed E-state index contributed by atoms with van der Waals surface area (Å²) in [5.41, 5.74) is 3.38. The lowest BCUT2D eigenvalue weighted by Gasteiger charge is -2.07. The Bertz CT molecular complexity index is 466. The molecule has 2 heteroatoms. The minimum absolute atomic E-state index is 0.207. The Morgan fingerprint density at radius 1 is 1.20 bits per heavy atom. The van der Waals surface area contributed by atoms with Crippen LogP contribution in [0, 0.1) is 0 Å². The van der Waals surface area contributed by atoms with Gasteiger partial charge in [-0.1, -0.05) is 31.2 Å². The maximum absolute atomic E-state index is 9.38. The van der Waals surface area contributed by atoms with E-state index in [0.717, 1.165) is 17.5 Å². The molecule has 1 aromatic heterocycles. The summed E-state index contributed by atoms with van der Waals surface area (Å²) in [5, 5.41) is 9.38. The lowest BCUT2D eigenvalue weighted by molar-refractivity contribution is 0.473. The molecule has 15 heavy (non-hydrogen) atoms. The summed E-state index contributed by atoms with van der Waals surface area (Å²) in [5.74, 6) is 0.207. The third kappa shape index (κ3) is 1.99. The van der Waals surface area contributed by atoms with E-state index in [1.807, 2.05) is 12.1 Å². The van der Waals surface area contributed by atoms with Gasteiger partial charge in [-0.15, -0.1) is 0 Å². The van der Waals surface area contributed by atoms with E-state index >= 15 is 0 Å². The second kappa shape index (κ2) is 4.13. The fourth-order valence-electron chi connectivity index (χ4n) is 1.69. The lowest BCUT2D eigenvalue weighted by Crippen LogP contribution is -1.87. The molecule has 0 atom stereocenters.